The molecule has 5 nitrogen and oxygen atoms in total. The van der Waals surface area contributed by atoms with Crippen LogP contribution in [0.3, 0.4) is 0 Å². The molecule has 1 saturated heterocycles. The summed E-state index contributed by atoms with van der Waals surface area (Å²) in [5, 5.41) is 13.9. The van der Waals surface area contributed by atoms with E-state index in [9.17, 15) is 9.90 Å². The van der Waals surface area contributed by atoms with E-state index in [1.54, 1.807) is 9.58 Å². The van der Waals surface area contributed by atoms with Crippen LogP contribution in [0.25, 0.3) is 0 Å². The van der Waals surface area contributed by atoms with Crippen LogP contribution < -0.4 is 4.90 Å². The molecule has 2 fully saturated rings. The van der Waals surface area contributed by atoms with E-state index in [2.05, 4.69) is 5.10 Å². The van der Waals surface area contributed by atoms with Crippen LogP contribution in [0.4, 0.5) is 5.82 Å². The predicted molar refractivity (Wildman–Crippen MR) is 58.2 cm³/mol. The minimum Gasteiger partial charge on any atom is -0.391 e. The molecular formula is C11H15N3O2. The quantitative estimate of drug-likeness (QED) is 0.786. The smallest absolute Gasteiger partial charge is 0.230 e. The van der Waals surface area contributed by atoms with Crippen molar-refractivity contribution >= 4 is 11.7 Å². The maximum atomic E-state index is 11.7. The lowest BCUT2D eigenvalue weighted by Crippen LogP contribution is -2.27. The fraction of sp³-hybridized carbons (Fsp3) is 0.636. The first-order valence-electron chi connectivity index (χ1n) is 5.67. The lowest BCUT2D eigenvalue weighted by molar-refractivity contribution is -0.117. The van der Waals surface area contributed by atoms with Crippen LogP contribution in [0, 0.1) is 0 Å². The molecule has 1 saturated carbocycles. The third-order valence-electron chi connectivity index (χ3n) is 3.25. The van der Waals surface area contributed by atoms with Crippen LogP contribution in [0.5, 0.6) is 0 Å². The first-order valence-corrected chi connectivity index (χ1v) is 5.67. The van der Waals surface area contributed by atoms with Gasteiger partial charge in [-0.1, -0.05) is 0 Å². The Labute approximate surface area is 93.7 Å². The summed E-state index contributed by atoms with van der Waals surface area (Å²) in [4.78, 5) is 13.3. The van der Waals surface area contributed by atoms with Gasteiger partial charge in [0, 0.05) is 19.0 Å². The van der Waals surface area contributed by atoms with Crippen molar-refractivity contribution in [1.82, 2.24) is 9.78 Å². The van der Waals surface area contributed by atoms with Crippen molar-refractivity contribution in [2.45, 2.75) is 31.3 Å². The molecule has 0 radical (unpaired) electrons. The molecule has 3 rings (SSSR count). The highest BCUT2D eigenvalue weighted by Gasteiger charge is 2.33. The molecule has 1 aromatic heterocycles. The fourth-order valence-corrected chi connectivity index (χ4v) is 2.22. The minimum absolute atomic E-state index is 0.0159. The van der Waals surface area contributed by atoms with Gasteiger partial charge in [0.1, 0.15) is 5.82 Å². The molecule has 0 bridgehead atoms. The van der Waals surface area contributed by atoms with Crippen LogP contribution in [-0.2, 0) is 11.8 Å². The van der Waals surface area contributed by atoms with Gasteiger partial charge in [0.05, 0.1) is 24.8 Å². The van der Waals surface area contributed by atoms with E-state index in [1.807, 2.05) is 13.1 Å². The molecular weight excluding hydrogens is 206 g/mol. The Morgan fingerprint density at radius 3 is 2.81 bits per heavy atom. The van der Waals surface area contributed by atoms with Gasteiger partial charge in [-0.15, -0.1) is 0 Å². The molecule has 1 aliphatic carbocycles. The number of aliphatic hydroxyl groups is 1. The highest BCUT2D eigenvalue weighted by atomic mass is 16.3. The van der Waals surface area contributed by atoms with Gasteiger partial charge in [-0.05, 0) is 12.8 Å². The molecule has 0 aromatic carbocycles. The van der Waals surface area contributed by atoms with Crippen LogP contribution >= 0.6 is 0 Å². The second-order valence-corrected chi connectivity index (χ2v) is 4.69. The number of hydrogen-bond donors (Lipinski definition) is 1. The molecule has 86 valence electrons. The Kier molecular flexibility index (Phi) is 2.04. The maximum Gasteiger partial charge on any atom is 0.230 e. The van der Waals surface area contributed by atoms with Gasteiger partial charge >= 0.3 is 0 Å². The highest BCUT2D eigenvalue weighted by Crippen LogP contribution is 2.40. The number of aliphatic hydroxyl groups excluding tert-OH is 1. The average Bonchev–Trinajstić information content (AvgIpc) is 2.92. The molecule has 2 heterocycles. The van der Waals surface area contributed by atoms with Gasteiger partial charge in [-0.3, -0.25) is 14.4 Å². The number of β-amino-alcohol motifs (C(OH)–C–C–N with tert-alkyl or cyclic N) is 1. The van der Waals surface area contributed by atoms with Gasteiger partial charge < -0.3 is 5.11 Å². The lowest BCUT2D eigenvalue weighted by atomic mass is 10.3. The summed E-state index contributed by atoms with van der Waals surface area (Å²) < 4.78 is 1.74. The van der Waals surface area contributed by atoms with E-state index in [-0.39, 0.29) is 12.3 Å². The predicted octanol–water partition coefficient (Wildman–Crippen LogP) is 0.395. The Morgan fingerprint density at radius 2 is 2.25 bits per heavy atom. The number of carbonyl (C=O) groups excluding carboxylic acids is 1. The molecule has 2 aliphatic rings. The molecule has 1 aliphatic heterocycles. The third-order valence-corrected chi connectivity index (χ3v) is 3.25. The normalized spacial score (nSPS) is 25.5. The Morgan fingerprint density at radius 1 is 1.50 bits per heavy atom. The van der Waals surface area contributed by atoms with E-state index in [0.29, 0.717) is 12.5 Å². The zero-order valence-electron chi connectivity index (χ0n) is 9.26. The first-order chi connectivity index (χ1) is 7.65. The Hall–Kier alpha value is -1.36. The zero-order valence-corrected chi connectivity index (χ0v) is 9.26. The average molecular weight is 221 g/mol. The van der Waals surface area contributed by atoms with E-state index in [4.69, 9.17) is 0 Å². The summed E-state index contributed by atoms with van der Waals surface area (Å²) in [7, 11) is 1.85. The number of anilines is 1. The lowest BCUT2D eigenvalue weighted by Gasteiger charge is -2.14. The van der Waals surface area contributed by atoms with Gasteiger partial charge in [0.2, 0.25) is 5.91 Å². The second-order valence-electron chi connectivity index (χ2n) is 4.69. The number of aromatic nitrogens is 2. The number of amides is 1. The van der Waals surface area contributed by atoms with Gasteiger partial charge in [0.15, 0.2) is 0 Å². The standard InChI is InChI=1S/C11H15N3O2/c1-13-10(5-9(12-13)7-2-3-7)14-6-8(15)4-11(14)16/h5,7-8,15H,2-4,6H2,1H3. The highest BCUT2D eigenvalue weighted by molar-refractivity contribution is 5.95. The largest absolute Gasteiger partial charge is 0.391 e. The SMILES string of the molecule is Cn1nc(C2CC2)cc1N1CC(O)CC1=O. The monoisotopic (exact) mass is 221 g/mol. The number of aryl methyl sites for hydroxylation is 1. The van der Waals surface area contributed by atoms with E-state index in [1.165, 1.54) is 12.8 Å². The minimum atomic E-state index is -0.535. The first kappa shape index (κ1) is 9.84. The fourth-order valence-electron chi connectivity index (χ4n) is 2.22. The van der Waals surface area contributed by atoms with Crippen molar-refractivity contribution < 1.29 is 9.90 Å². The van der Waals surface area contributed by atoms with E-state index >= 15 is 0 Å². The number of nitrogens with zero attached hydrogens (tertiary/aromatic N) is 3. The summed E-state index contributed by atoms with van der Waals surface area (Å²) in [5.41, 5.74) is 1.08. The van der Waals surface area contributed by atoms with Crippen molar-refractivity contribution in [2.24, 2.45) is 7.05 Å². The molecule has 1 atom stereocenters. The second kappa shape index (κ2) is 3.31. The molecule has 16 heavy (non-hydrogen) atoms. The molecule has 1 amide bonds. The Bertz CT molecular complexity index is 436. The van der Waals surface area contributed by atoms with Crippen LogP contribution in [0.2, 0.25) is 0 Å². The van der Waals surface area contributed by atoms with Crippen molar-refractivity contribution in [3.63, 3.8) is 0 Å². The third kappa shape index (κ3) is 1.51. The van der Waals surface area contributed by atoms with Gasteiger partial charge in [-0.2, -0.15) is 5.10 Å². The Balaban J connectivity index is 1.90. The summed E-state index contributed by atoms with van der Waals surface area (Å²) in [6.07, 6.45) is 2.09. The molecule has 1 unspecified atom stereocenters. The summed E-state index contributed by atoms with van der Waals surface area (Å²) >= 11 is 0. The summed E-state index contributed by atoms with van der Waals surface area (Å²) in [5.74, 6) is 1.38. The van der Waals surface area contributed by atoms with Crippen molar-refractivity contribution in [2.75, 3.05) is 11.4 Å². The van der Waals surface area contributed by atoms with Gasteiger partial charge in [-0.25, -0.2) is 0 Å². The summed E-state index contributed by atoms with van der Waals surface area (Å²) in [6.45, 7) is 0.391. The number of carbonyl (C=O) groups is 1. The van der Waals surface area contributed by atoms with E-state index < -0.39 is 6.10 Å². The molecule has 1 N–H and O–H groups in total. The molecule has 0 spiro atoms. The van der Waals surface area contributed by atoms with Crippen molar-refractivity contribution in [3.8, 4) is 0 Å². The summed E-state index contributed by atoms with van der Waals surface area (Å²) in [6, 6.07) is 1.98. The van der Waals surface area contributed by atoms with Crippen molar-refractivity contribution in [1.29, 1.82) is 0 Å². The number of hydrogen-bond acceptors (Lipinski definition) is 3. The number of rotatable bonds is 2. The van der Waals surface area contributed by atoms with Crippen LogP contribution in [0.15, 0.2) is 6.07 Å². The topological polar surface area (TPSA) is 58.4 Å². The maximum absolute atomic E-state index is 11.7. The molecule has 5 heteroatoms. The molecule has 1 aromatic rings. The van der Waals surface area contributed by atoms with Gasteiger partial charge in [0.25, 0.3) is 0 Å². The van der Waals surface area contributed by atoms with Crippen molar-refractivity contribution in [3.05, 3.63) is 11.8 Å². The van der Waals surface area contributed by atoms with Crippen LogP contribution in [0.1, 0.15) is 30.9 Å². The zero-order chi connectivity index (χ0) is 11.3. The van der Waals surface area contributed by atoms with E-state index in [0.717, 1.165) is 11.5 Å². The van der Waals surface area contributed by atoms with Crippen LogP contribution in [-0.4, -0.2) is 33.4 Å².